The molecule has 0 aliphatic carbocycles. The van der Waals surface area contributed by atoms with Gasteiger partial charge in [-0.15, -0.1) is 0 Å². The summed E-state index contributed by atoms with van der Waals surface area (Å²) >= 11 is 5.79. The molecule has 0 aliphatic rings. The standard InChI is InChI=1S/C15H15ClN2O/c1-2-17-14-7-3-12(4-8-14)11-18(19)15-9-5-13(16)6-10-15/h3-11,17H,2H2,1H3. The molecule has 3 nitrogen and oxygen atoms in total. The van der Waals surface area contributed by atoms with E-state index in [1.165, 1.54) is 0 Å². The lowest BCUT2D eigenvalue weighted by Gasteiger charge is -2.04. The first-order valence-corrected chi connectivity index (χ1v) is 6.47. The van der Waals surface area contributed by atoms with Crippen molar-refractivity contribution in [3.8, 4) is 0 Å². The van der Waals surface area contributed by atoms with Gasteiger partial charge in [0.2, 0.25) is 5.69 Å². The van der Waals surface area contributed by atoms with Gasteiger partial charge in [0, 0.05) is 35.0 Å². The average molecular weight is 275 g/mol. The third kappa shape index (κ3) is 3.73. The van der Waals surface area contributed by atoms with Crippen LogP contribution in [0.5, 0.6) is 0 Å². The Bertz CT molecular complexity index is 562. The molecule has 2 aromatic rings. The Labute approximate surface area is 117 Å². The minimum atomic E-state index is 0.556. The van der Waals surface area contributed by atoms with Crippen LogP contribution in [0.25, 0.3) is 0 Å². The van der Waals surface area contributed by atoms with Gasteiger partial charge in [-0.2, -0.15) is 4.74 Å². The van der Waals surface area contributed by atoms with E-state index < -0.39 is 0 Å². The van der Waals surface area contributed by atoms with Gasteiger partial charge in [0.1, 0.15) is 0 Å². The van der Waals surface area contributed by atoms with Gasteiger partial charge in [-0.3, -0.25) is 0 Å². The zero-order valence-corrected chi connectivity index (χ0v) is 11.4. The first-order valence-electron chi connectivity index (χ1n) is 6.10. The van der Waals surface area contributed by atoms with Crippen LogP contribution in [0.4, 0.5) is 11.4 Å². The van der Waals surface area contributed by atoms with Crippen molar-refractivity contribution in [1.29, 1.82) is 0 Å². The van der Waals surface area contributed by atoms with Crippen molar-refractivity contribution in [3.63, 3.8) is 0 Å². The highest BCUT2D eigenvalue weighted by Crippen LogP contribution is 2.16. The van der Waals surface area contributed by atoms with Crippen molar-refractivity contribution >= 4 is 29.2 Å². The summed E-state index contributed by atoms with van der Waals surface area (Å²) in [5.74, 6) is 0. The zero-order chi connectivity index (χ0) is 13.7. The Morgan fingerprint density at radius 1 is 1.11 bits per heavy atom. The molecule has 0 aromatic heterocycles. The van der Waals surface area contributed by atoms with Crippen LogP contribution in [0.1, 0.15) is 12.5 Å². The fourth-order valence-electron chi connectivity index (χ4n) is 1.69. The molecular weight excluding hydrogens is 260 g/mol. The summed E-state index contributed by atoms with van der Waals surface area (Å²) in [5.41, 5.74) is 2.45. The SMILES string of the molecule is CCNc1ccc(C=[N+]([O-])c2ccc(Cl)cc2)cc1. The highest BCUT2D eigenvalue weighted by Gasteiger charge is 2.01. The van der Waals surface area contributed by atoms with E-state index in [1.54, 1.807) is 30.5 Å². The van der Waals surface area contributed by atoms with Crippen LogP contribution in [-0.4, -0.2) is 17.5 Å². The normalized spacial score (nSPS) is 11.4. The van der Waals surface area contributed by atoms with Gasteiger partial charge in [-0.1, -0.05) is 11.6 Å². The number of anilines is 1. The minimum Gasteiger partial charge on any atom is -0.618 e. The minimum absolute atomic E-state index is 0.556. The zero-order valence-electron chi connectivity index (χ0n) is 10.6. The van der Waals surface area contributed by atoms with Gasteiger partial charge in [-0.25, -0.2) is 0 Å². The van der Waals surface area contributed by atoms with Crippen molar-refractivity contribution in [2.45, 2.75) is 6.92 Å². The number of hydrogen-bond donors (Lipinski definition) is 1. The molecular formula is C15H15ClN2O. The molecule has 0 saturated heterocycles. The predicted octanol–water partition coefficient (Wildman–Crippen LogP) is 4.03. The smallest absolute Gasteiger partial charge is 0.216 e. The van der Waals surface area contributed by atoms with E-state index in [-0.39, 0.29) is 0 Å². The number of halogens is 1. The van der Waals surface area contributed by atoms with E-state index in [0.29, 0.717) is 10.7 Å². The molecule has 0 fully saturated rings. The quantitative estimate of drug-likeness (QED) is 0.396. The summed E-state index contributed by atoms with van der Waals surface area (Å²) in [4.78, 5) is 0. The Morgan fingerprint density at radius 3 is 2.32 bits per heavy atom. The molecule has 2 aromatic carbocycles. The first-order chi connectivity index (χ1) is 9.19. The van der Waals surface area contributed by atoms with Crippen LogP contribution < -0.4 is 5.32 Å². The van der Waals surface area contributed by atoms with Crippen molar-refractivity contribution in [2.75, 3.05) is 11.9 Å². The van der Waals surface area contributed by atoms with Crippen LogP contribution >= 0.6 is 11.6 Å². The Hall–Kier alpha value is -2.00. The molecule has 0 aliphatic heterocycles. The lowest BCUT2D eigenvalue weighted by Crippen LogP contribution is -2.00. The van der Waals surface area contributed by atoms with E-state index in [0.717, 1.165) is 22.5 Å². The molecule has 4 heteroatoms. The molecule has 98 valence electrons. The van der Waals surface area contributed by atoms with Crippen molar-refractivity contribution in [2.24, 2.45) is 0 Å². The second-order valence-electron chi connectivity index (χ2n) is 4.08. The third-order valence-corrected chi connectivity index (χ3v) is 2.89. The fraction of sp³-hybridized carbons (Fsp3) is 0.133. The number of rotatable bonds is 4. The van der Waals surface area contributed by atoms with Crippen molar-refractivity contribution in [1.82, 2.24) is 0 Å². The number of nitrogens with zero attached hydrogens (tertiary/aromatic N) is 1. The largest absolute Gasteiger partial charge is 0.618 e. The van der Waals surface area contributed by atoms with E-state index in [4.69, 9.17) is 11.6 Å². The van der Waals surface area contributed by atoms with Gasteiger partial charge in [-0.05, 0) is 43.3 Å². The van der Waals surface area contributed by atoms with Gasteiger partial charge in [0.05, 0.1) is 0 Å². The number of nitrogens with one attached hydrogen (secondary N) is 1. The Kier molecular flexibility index (Phi) is 4.42. The van der Waals surface area contributed by atoms with E-state index in [1.807, 2.05) is 31.2 Å². The molecule has 0 heterocycles. The molecule has 1 N–H and O–H groups in total. The molecule has 0 amide bonds. The van der Waals surface area contributed by atoms with Gasteiger partial charge >= 0.3 is 0 Å². The topological polar surface area (TPSA) is 38.1 Å². The molecule has 0 radical (unpaired) electrons. The summed E-state index contributed by atoms with van der Waals surface area (Å²) in [6.07, 6.45) is 1.54. The van der Waals surface area contributed by atoms with Crippen LogP contribution in [-0.2, 0) is 0 Å². The van der Waals surface area contributed by atoms with Crippen LogP contribution in [0, 0.1) is 5.21 Å². The van der Waals surface area contributed by atoms with Crippen molar-refractivity contribution in [3.05, 3.63) is 64.3 Å². The summed E-state index contributed by atoms with van der Waals surface area (Å²) in [6.45, 7) is 2.92. The first kappa shape index (κ1) is 13.4. The maximum atomic E-state index is 11.9. The second-order valence-corrected chi connectivity index (χ2v) is 4.52. The summed E-state index contributed by atoms with van der Waals surface area (Å²) in [5, 5.41) is 15.8. The lowest BCUT2D eigenvalue weighted by atomic mass is 10.2. The molecule has 0 atom stereocenters. The molecule has 0 bridgehead atoms. The van der Waals surface area contributed by atoms with E-state index in [2.05, 4.69) is 5.32 Å². The van der Waals surface area contributed by atoms with Gasteiger partial charge < -0.3 is 10.5 Å². The number of benzene rings is 2. The lowest BCUT2D eigenvalue weighted by molar-refractivity contribution is -0.354. The molecule has 19 heavy (non-hydrogen) atoms. The van der Waals surface area contributed by atoms with Gasteiger partial charge in [0.25, 0.3) is 0 Å². The summed E-state index contributed by atoms with van der Waals surface area (Å²) in [6, 6.07) is 14.5. The maximum absolute atomic E-state index is 11.9. The molecule has 0 spiro atoms. The van der Waals surface area contributed by atoms with E-state index in [9.17, 15) is 5.21 Å². The highest BCUT2D eigenvalue weighted by molar-refractivity contribution is 6.30. The number of hydrogen-bond acceptors (Lipinski definition) is 2. The maximum Gasteiger partial charge on any atom is 0.216 e. The average Bonchev–Trinajstić information content (AvgIpc) is 2.42. The van der Waals surface area contributed by atoms with Crippen LogP contribution in [0.2, 0.25) is 5.02 Å². The summed E-state index contributed by atoms with van der Waals surface area (Å²) < 4.78 is 0.832. The van der Waals surface area contributed by atoms with E-state index >= 15 is 0 Å². The Balaban J connectivity index is 2.17. The molecule has 0 saturated carbocycles. The highest BCUT2D eigenvalue weighted by atomic mass is 35.5. The van der Waals surface area contributed by atoms with Gasteiger partial charge in [0.15, 0.2) is 6.21 Å². The Morgan fingerprint density at radius 2 is 1.74 bits per heavy atom. The summed E-state index contributed by atoms with van der Waals surface area (Å²) in [7, 11) is 0. The molecule has 0 unspecified atom stereocenters. The van der Waals surface area contributed by atoms with Crippen LogP contribution in [0.3, 0.4) is 0 Å². The monoisotopic (exact) mass is 274 g/mol. The van der Waals surface area contributed by atoms with Crippen molar-refractivity contribution < 1.29 is 4.74 Å². The fourth-order valence-corrected chi connectivity index (χ4v) is 1.82. The second kappa shape index (κ2) is 6.25. The molecule has 2 rings (SSSR count). The third-order valence-electron chi connectivity index (χ3n) is 2.64. The van der Waals surface area contributed by atoms with Crippen LogP contribution in [0.15, 0.2) is 48.5 Å². The predicted molar refractivity (Wildman–Crippen MR) is 80.5 cm³/mol.